The van der Waals surface area contributed by atoms with Crippen LogP contribution in [0.15, 0.2) is 47.8 Å². The van der Waals surface area contributed by atoms with Crippen LogP contribution in [-0.2, 0) is 24.3 Å². The number of rotatable bonds is 7. The van der Waals surface area contributed by atoms with Crippen molar-refractivity contribution >= 4 is 37.0 Å². The van der Waals surface area contributed by atoms with Crippen molar-refractivity contribution in [3.8, 4) is 0 Å². The molecule has 178 valence electrons. The smallest absolute Gasteiger partial charge is 0.269 e. The lowest BCUT2D eigenvalue weighted by molar-refractivity contribution is 0.205. The minimum Gasteiger partial charge on any atom is -0.356 e. The molecule has 1 aliphatic carbocycles. The van der Waals surface area contributed by atoms with Gasteiger partial charge in [0.25, 0.3) is 20.1 Å². The predicted molar refractivity (Wildman–Crippen MR) is 126 cm³/mol. The van der Waals surface area contributed by atoms with Crippen LogP contribution in [0.25, 0.3) is 11.0 Å². The van der Waals surface area contributed by atoms with Crippen LogP contribution >= 0.6 is 0 Å². The molecule has 33 heavy (non-hydrogen) atoms. The average Bonchev–Trinajstić information content (AvgIpc) is 3.22. The lowest BCUT2D eigenvalue weighted by Gasteiger charge is -2.35. The highest BCUT2D eigenvalue weighted by molar-refractivity contribution is 7.90. The number of hydrogen-bond donors (Lipinski definition) is 0. The predicted octanol–water partition coefficient (Wildman–Crippen LogP) is 2.95. The lowest BCUT2D eigenvalue weighted by Crippen LogP contribution is -2.36. The highest BCUT2D eigenvalue weighted by Gasteiger charge is 2.28. The Kier molecular flexibility index (Phi) is 6.47. The van der Waals surface area contributed by atoms with Gasteiger partial charge >= 0.3 is 0 Å². The molecule has 1 saturated carbocycles. The Hall–Kier alpha value is -2.50. The van der Waals surface area contributed by atoms with Gasteiger partial charge in [0, 0.05) is 19.3 Å². The maximum absolute atomic E-state index is 13.2. The van der Waals surface area contributed by atoms with Gasteiger partial charge in [0.1, 0.15) is 12.1 Å². The topological polar surface area (TPSA) is 111 Å². The molecule has 3 aromatic rings. The van der Waals surface area contributed by atoms with Crippen LogP contribution in [-0.4, -0.2) is 56.7 Å². The van der Waals surface area contributed by atoms with Crippen molar-refractivity contribution in [3.05, 3.63) is 48.4 Å². The van der Waals surface area contributed by atoms with E-state index in [0.29, 0.717) is 16.9 Å². The second kappa shape index (κ2) is 9.03. The van der Waals surface area contributed by atoms with E-state index in [1.807, 2.05) is 14.0 Å². The number of hydrogen-bond acceptors (Lipinski definition) is 8. The summed E-state index contributed by atoms with van der Waals surface area (Å²) in [5.74, 6) is 0.879. The fraction of sp³-hybridized carbons (Fsp3) is 0.455. The molecule has 0 spiro atoms. The van der Waals surface area contributed by atoms with Crippen molar-refractivity contribution in [1.29, 1.82) is 0 Å². The number of nitrogens with zero attached hydrogens (tertiary/aromatic N) is 4. The molecule has 1 aromatic carbocycles. The molecule has 0 bridgehead atoms. The second-order valence-corrected chi connectivity index (χ2v) is 12.1. The standard InChI is InChI=1S/C22H28N4O5S2/c1-16-4-10-19(11-5-16)33(29,30)26-13-12-20-21(23-15-24-22(20)26)25(2)18-8-6-17(7-9-18)14-31-32(3,27)28/h4-5,10-13,15,17-18H,6-9,14H2,1-3H3. The molecular formula is C22H28N4O5S2. The van der Waals surface area contributed by atoms with Crippen molar-refractivity contribution in [3.63, 3.8) is 0 Å². The van der Waals surface area contributed by atoms with E-state index in [9.17, 15) is 16.8 Å². The molecular weight excluding hydrogens is 464 g/mol. The summed E-state index contributed by atoms with van der Waals surface area (Å²) in [6.45, 7) is 2.12. The first kappa shape index (κ1) is 23.7. The van der Waals surface area contributed by atoms with Crippen molar-refractivity contribution in [2.45, 2.75) is 43.5 Å². The first-order valence-electron chi connectivity index (χ1n) is 10.8. The number of aryl methyl sites for hydroxylation is 1. The number of fused-ring (bicyclic) bond motifs is 1. The van der Waals surface area contributed by atoms with Crippen molar-refractivity contribution in [1.82, 2.24) is 13.9 Å². The Morgan fingerprint density at radius 1 is 1.03 bits per heavy atom. The highest BCUT2D eigenvalue weighted by atomic mass is 32.2. The van der Waals surface area contributed by atoms with Gasteiger partial charge in [0.15, 0.2) is 5.65 Å². The summed E-state index contributed by atoms with van der Waals surface area (Å²) in [6, 6.07) is 8.66. The van der Waals surface area contributed by atoms with E-state index in [1.165, 1.54) is 16.5 Å². The Morgan fingerprint density at radius 3 is 2.33 bits per heavy atom. The third-order valence-electron chi connectivity index (χ3n) is 6.22. The Bertz CT molecular complexity index is 1340. The van der Waals surface area contributed by atoms with Crippen LogP contribution in [0, 0.1) is 12.8 Å². The molecule has 0 N–H and O–H groups in total. The van der Waals surface area contributed by atoms with E-state index < -0.39 is 20.1 Å². The Balaban J connectivity index is 1.55. The zero-order valence-electron chi connectivity index (χ0n) is 18.9. The van der Waals surface area contributed by atoms with Crippen LogP contribution < -0.4 is 4.90 Å². The van der Waals surface area contributed by atoms with Gasteiger partial charge in [0.2, 0.25) is 0 Å². The van der Waals surface area contributed by atoms with E-state index in [4.69, 9.17) is 4.18 Å². The maximum atomic E-state index is 13.2. The number of aromatic nitrogens is 3. The summed E-state index contributed by atoms with van der Waals surface area (Å²) in [6.07, 6.45) is 7.40. The van der Waals surface area contributed by atoms with E-state index in [2.05, 4.69) is 14.9 Å². The molecule has 1 aliphatic rings. The zero-order valence-corrected chi connectivity index (χ0v) is 20.5. The van der Waals surface area contributed by atoms with Crippen LogP contribution in [0.3, 0.4) is 0 Å². The largest absolute Gasteiger partial charge is 0.356 e. The molecule has 9 nitrogen and oxygen atoms in total. The van der Waals surface area contributed by atoms with Gasteiger partial charge in [-0.2, -0.15) is 8.42 Å². The van der Waals surface area contributed by atoms with Gasteiger partial charge in [-0.15, -0.1) is 0 Å². The molecule has 0 aliphatic heterocycles. The molecule has 0 atom stereocenters. The minimum atomic E-state index is -3.79. The van der Waals surface area contributed by atoms with Crippen molar-refractivity contribution in [2.75, 3.05) is 24.8 Å². The third-order valence-corrected chi connectivity index (χ3v) is 8.47. The monoisotopic (exact) mass is 492 g/mol. The summed E-state index contributed by atoms with van der Waals surface area (Å²) in [4.78, 5) is 11.0. The maximum Gasteiger partial charge on any atom is 0.269 e. The van der Waals surface area contributed by atoms with E-state index in [1.54, 1.807) is 30.3 Å². The van der Waals surface area contributed by atoms with E-state index in [0.717, 1.165) is 37.5 Å². The molecule has 2 heterocycles. The van der Waals surface area contributed by atoms with Gasteiger partial charge in [-0.3, -0.25) is 4.18 Å². The lowest BCUT2D eigenvalue weighted by atomic mass is 9.86. The average molecular weight is 493 g/mol. The summed E-state index contributed by atoms with van der Waals surface area (Å²) < 4.78 is 55.1. The van der Waals surface area contributed by atoms with Gasteiger partial charge in [0.05, 0.1) is 23.1 Å². The van der Waals surface area contributed by atoms with E-state index >= 15 is 0 Å². The highest BCUT2D eigenvalue weighted by Crippen LogP contribution is 2.33. The van der Waals surface area contributed by atoms with Gasteiger partial charge < -0.3 is 4.90 Å². The van der Waals surface area contributed by atoms with Crippen LogP contribution in [0.5, 0.6) is 0 Å². The number of anilines is 1. The van der Waals surface area contributed by atoms with Gasteiger partial charge in [-0.25, -0.2) is 22.4 Å². The minimum absolute atomic E-state index is 0.203. The molecule has 0 radical (unpaired) electrons. The summed E-state index contributed by atoms with van der Waals surface area (Å²) in [7, 11) is -5.27. The molecule has 1 fully saturated rings. The molecule has 0 unspecified atom stereocenters. The van der Waals surface area contributed by atoms with Gasteiger partial charge in [-0.05, 0) is 56.7 Å². The van der Waals surface area contributed by atoms with Crippen molar-refractivity contribution < 1.29 is 21.0 Å². The fourth-order valence-corrected chi connectivity index (χ4v) is 6.05. The third kappa shape index (κ3) is 5.04. The fourth-order valence-electron chi connectivity index (χ4n) is 4.31. The Morgan fingerprint density at radius 2 is 1.70 bits per heavy atom. The Labute approximate surface area is 194 Å². The molecule has 11 heteroatoms. The molecule has 2 aromatic heterocycles. The second-order valence-electron chi connectivity index (χ2n) is 8.64. The zero-order chi connectivity index (χ0) is 23.8. The SMILES string of the molecule is Cc1ccc(S(=O)(=O)n2ccc3c(N(C)C4CCC(COS(C)(=O)=O)CC4)ncnc32)cc1. The first-order chi connectivity index (χ1) is 15.6. The summed E-state index contributed by atoms with van der Waals surface area (Å²) >= 11 is 0. The molecule has 0 saturated heterocycles. The quantitative estimate of drug-likeness (QED) is 0.463. The van der Waals surface area contributed by atoms with Crippen LogP contribution in [0.4, 0.5) is 5.82 Å². The summed E-state index contributed by atoms with van der Waals surface area (Å²) in [5.41, 5.74) is 1.32. The molecule has 0 amide bonds. The molecule has 4 rings (SSSR count). The van der Waals surface area contributed by atoms with Gasteiger partial charge in [-0.1, -0.05) is 17.7 Å². The van der Waals surface area contributed by atoms with Crippen LogP contribution in [0.1, 0.15) is 31.2 Å². The van der Waals surface area contributed by atoms with Crippen molar-refractivity contribution in [2.24, 2.45) is 5.92 Å². The normalized spacial score (nSPS) is 19.6. The van der Waals surface area contributed by atoms with Crippen LogP contribution in [0.2, 0.25) is 0 Å². The van der Waals surface area contributed by atoms with E-state index in [-0.39, 0.29) is 23.5 Å². The number of benzene rings is 1. The first-order valence-corrected chi connectivity index (χ1v) is 14.0. The summed E-state index contributed by atoms with van der Waals surface area (Å²) in [5, 5.41) is 0.665.